The van der Waals surface area contributed by atoms with Crippen molar-refractivity contribution < 1.29 is 66.7 Å². The number of azide groups is 1. The number of carbonyl (C=O) groups excluding carboxylic acids is 6. The Morgan fingerprint density at radius 3 is 2.09 bits per heavy atom. The standard InChI is InChI=1S/C27H42N4O14/c1-8-18(27(5,6)26(37)40-12-11-39-10-9-38-7)24(36)45-25-21(30-20(35)13-29-31-28)23(43-17(4)34)22(42-16(3)33)19(44-25)14-41-15(2)32/h18-19,21-23,25H,8-14H2,1-7H3,(H,30,35)/t18?,19?,21?,22-,23-,25+/m1/s1. The Balaban J connectivity index is 3.39. The average molecular weight is 647 g/mol. The molecule has 1 fully saturated rings. The number of esters is 5. The lowest BCUT2D eigenvalue weighted by Gasteiger charge is -2.45. The van der Waals surface area contributed by atoms with Crippen molar-refractivity contribution in [2.75, 3.05) is 46.7 Å². The molecule has 0 aromatic heterocycles. The molecule has 1 amide bonds. The van der Waals surface area contributed by atoms with E-state index in [0.717, 1.165) is 20.8 Å². The zero-order valence-electron chi connectivity index (χ0n) is 26.5. The number of hydrogen-bond donors (Lipinski definition) is 1. The van der Waals surface area contributed by atoms with Gasteiger partial charge in [0.1, 0.15) is 31.9 Å². The fourth-order valence-electron chi connectivity index (χ4n) is 4.42. The Morgan fingerprint density at radius 2 is 1.53 bits per heavy atom. The molecule has 18 nitrogen and oxygen atoms in total. The zero-order chi connectivity index (χ0) is 34.2. The molecule has 0 saturated carbocycles. The van der Waals surface area contributed by atoms with Crippen LogP contribution < -0.4 is 5.32 Å². The van der Waals surface area contributed by atoms with Crippen LogP contribution in [0.2, 0.25) is 0 Å². The number of carbonyl (C=O) groups is 6. The van der Waals surface area contributed by atoms with Crippen LogP contribution in [0.1, 0.15) is 48.0 Å². The number of hydrogen-bond acceptors (Lipinski definition) is 15. The van der Waals surface area contributed by atoms with E-state index in [9.17, 15) is 28.8 Å². The Morgan fingerprint density at radius 1 is 0.911 bits per heavy atom. The number of nitrogens with zero attached hydrogens (tertiary/aromatic N) is 3. The Kier molecular flexibility index (Phi) is 16.8. The molecule has 0 bridgehead atoms. The minimum absolute atomic E-state index is 0.0814. The first-order chi connectivity index (χ1) is 21.2. The first-order valence-corrected chi connectivity index (χ1v) is 14.1. The van der Waals surface area contributed by atoms with Crippen LogP contribution >= 0.6 is 0 Å². The highest BCUT2D eigenvalue weighted by atomic mass is 16.7. The van der Waals surface area contributed by atoms with E-state index in [0.29, 0.717) is 13.2 Å². The summed E-state index contributed by atoms with van der Waals surface area (Å²) < 4.78 is 42.8. The smallest absolute Gasteiger partial charge is 0.312 e. The molecule has 0 aromatic carbocycles. The maximum absolute atomic E-state index is 13.6. The van der Waals surface area contributed by atoms with E-state index in [1.165, 1.54) is 21.0 Å². The summed E-state index contributed by atoms with van der Waals surface area (Å²) in [5.74, 6) is -6.08. The number of amides is 1. The maximum atomic E-state index is 13.6. The van der Waals surface area contributed by atoms with Crippen molar-refractivity contribution >= 4 is 35.8 Å². The summed E-state index contributed by atoms with van der Waals surface area (Å²) in [4.78, 5) is 77.4. The highest BCUT2D eigenvalue weighted by molar-refractivity contribution is 5.85. The molecule has 1 aliphatic rings. The lowest BCUT2D eigenvalue weighted by molar-refractivity contribution is -0.273. The van der Waals surface area contributed by atoms with Crippen LogP contribution in [0.15, 0.2) is 5.11 Å². The second-order valence-corrected chi connectivity index (χ2v) is 10.3. The van der Waals surface area contributed by atoms with Gasteiger partial charge in [-0.1, -0.05) is 12.0 Å². The van der Waals surface area contributed by atoms with Gasteiger partial charge >= 0.3 is 29.8 Å². The van der Waals surface area contributed by atoms with Crippen LogP contribution in [-0.4, -0.2) is 113 Å². The lowest BCUT2D eigenvalue weighted by Crippen LogP contribution is -2.67. The highest BCUT2D eigenvalue weighted by Crippen LogP contribution is 2.34. The van der Waals surface area contributed by atoms with Crippen molar-refractivity contribution in [2.24, 2.45) is 16.4 Å². The van der Waals surface area contributed by atoms with E-state index in [1.54, 1.807) is 6.92 Å². The molecule has 1 heterocycles. The van der Waals surface area contributed by atoms with Crippen molar-refractivity contribution in [3.05, 3.63) is 10.4 Å². The Hall–Kier alpha value is -3.99. The molecule has 45 heavy (non-hydrogen) atoms. The minimum atomic E-state index is -1.74. The van der Waals surface area contributed by atoms with Crippen LogP contribution in [0, 0.1) is 11.3 Å². The van der Waals surface area contributed by atoms with Gasteiger partial charge in [0.05, 0.1) is 31.2 Å². The Labute approximate surface area is 260 Å². The first-order valence-electron chi connectivity index (χ1n) is 14.1. The third-order valence-corrected chi connectivity index (χ3v) is 6.52. The van der Waals surface area contributed by atoms with Crippen molar-refractivity contribution in [2.45, 2.75) is 78.6 Å². The fraction of sp³-hybridized carbons (Fsp3) is 0.778. The molecule has 254 valence electrons. The molecular formula is C27H42N4O14. The van der Waals surface area contributed by atoms with Gasteiger partial charge in [0, 0.05) is 32.8 Å². The van der Waals surface area contributed by atoms with E-state index >= 15 is 0 Å². The summed E-state index contributed by atoms with van der Waals surface area (Å²) in [6.07, 6.45) is -5.97. The molecule has 1 saturated heterocycles. The quantitative estimate of drug-likeness (QED) is 0.0540. The van der Waals surface area contributed by atoms with Crippen LogP contribution in [0.5, 0.6) is 0 Å². The van der Waals surface area contributed by atoms with Crippen molar-refractivity contribution in [3.63, 3.8) is 0 Å². The second kappa shape index (κ2) is 19.4. The molecule has 1 rings (SSSR count). The molecule has 0 radical (unpaired) electrons. The molecule has 0 aliphatic carbocycles. The van der Waals surface area contributed by atoms with Crippen LogP contribution in [0.3, 0.4) is 0 Å². The fourth-order valence-corrected chi connectivity index (χ4v) is 4.42. The van der Waals surface area contributed by atoms with E-state index in [4.69, 9.17) is 43.4 Å². The number of rotatable bonds is 18. The number of ether oxygens (including phenoxy) is 8. The van der Waals surface area contributed by atoms with E-state index < -0.39 is 90.9 Å². The Bertz CT molecular complexity index is 1090. The average Bonchev–Trinajstić information content (AvgIpc) is 2.95. The van der Waals surface area contributed by atoms with Gasteiger partial charge in [0.15, 0.2) is 12.2 Å². The van der Waals surface area contributed by atoms with Gasteiger partial charge in [-0.2, -0.15) is 0 Å². The molecular weight excluding hydrogens is 604 g/mol. The molecule has 6 atom stereocenters. The van der Waals surface area contributed by atoms with Crippen LogP contribution in [0.25, 0.3) is 10.4 Å². The van der Waals surface area contributed by atoms with Crippen molar-refractivity contribution in [1.29, 1.82) is 0 Å². The van der Waals surface area contributed by atoms with Gasteiger partial charge in [-0.05, 0) is 25.8 Å². The first kappa shape index (κ1) is 39.0. The van der Waals surface area contributed by atoms with Gasteiger partial charge in [-0.3, -0.25) is 28.8 Å². The van der Waals surface area contributed by atoms with Gasteiger partial charge in [0.25, 0.3) is 0 Å². The zero-order valence-corrected chi connectivity index (χ0v) is 26.5. The maximum Gasteiger partial charge on any atom is 0.312 e. The van der Waals surface area contributed by atoms with Gasteiger partial charge < -0.3 is 43.2 Å². The molecule has 18 heteroatoms. The topological polar surface area (TPSA) is 237 Å². The summed E-state index contributed by atoms with van der Waals surface area (Å²) in [6.45, 7) is 7.29. The number of nitrogens with one attached hydrogen (secondary N) is 1. The SMILES string of the molecule is CCC(C(=O)O[C@@H]1OC(COC(C)=O)[C@@H](OC(C)=O)[C@H](OC(C)=O)C1NC(=O)CN=[N+]=[N-])C(C)(C)C(=O)OCCOCCOC. The van der Waals surface area contributed by atoms with Gasteiger partial charge in [-0.25, -0.2) is 0 Å². The van der Waals surface area contributed by atoms with Crippen molar-refractivity contribution in [1.82, 2.24) is 5.32 Å². The monoisotopic (exact) mass is 646 g/mol. The molecule has 0 spiro atoms. The van der Waals surface area contributed by atoms with Crippen LogP contribution in [0.4, 0.5) is 0 Å². The minimum Gasteiger partial charge on any atom is -0.463 e. The normalized spacial score (nSPS) is 21.7. The molecule has 1 aliphatic heterocycles. The summed E-state index contributed by atoms with van der Waals surface area (Å²) in [5, 5.41) is 5.61. The predicted octanol–water partition coefficient (Wildman–Crippen LogP) is 0.735. The summed E-state index contributed by atoms with van der Waals surface area (Å²) in [5.41, 5.74) is 7.20. The summed E-state index contributed by atoms with van der Waals surface area (Å²) >= 11 is 0. The molecule has 1 N–H and O–H groups in total. The highest BCUT2D eigenvalue weighted by Gasteiger charge is 2.53. The van der Waals surface area contributed by atoms with Crippen molar-refractivity contribution in [3.8, 4) is 0 Å². The third kappa shape index (κ3) is 12.9. The molecule has 3 unspecified atom stereocenters. The largest absolute Gasteiger partial charge is 0.463 e. The third-order valence-electron chi connectivity index (χ3n) is 6.52. The van der Waals surface area contributed by atoms with E-state index in [2.05, 4.69) is 15.3 Å². The number of methoxy groups -OCH3 is 1. The summed E-state index contributed by atoms with van der Waals surface area (Å²) in [6, 6.07) is -1.52. The second-order valence-electron chi connectivity index (χ2n) is 10.3. The predicted molar refractivity (Wildman–Crippen MR) is 150 cm³/mol. The van der Waals surface area contributed by atoms with Gasteiger partial charge in [0.2, 0.25) is 12.2 Å². The van der Waals surface area contributed by atoms with E-state index in [1.807, 2.05) is 0 Å². The lowest BCUT2D eigenvalue weighted by atomic mass is 9.77. The van der Waals surface area contributed by atoms with E-state index in [-0.39, 0.29) is 19.6 Å². The summed E-state index contributed by atoms with van der Waals surface area (Å²) in [7, 11) is 1.52. The van der Waals surface area contributed by atoms with Crippen LogP contribution in [-0.2, 0) is 66.7 Å². The van der Waals surface area contributed by atoms with Gasteiger partial charge in [-0.15, -0.1) is 0 Å². The molecule has 0 aromatic rings.